The number of hydrogen-bond donors (Lipinski definition) is 3. The Morgan fingerprint density at radius 3 is 2.45 bits per heavy atom. The molecule has 0 radical (unpaired) electrons. The van der Waals surface area contributed by atoms with Crippen LogP contribution in [0.15, 0.2) is 53.4 Å². The summed E-state index contributed by atoms with van der Waals surface area (Å²) in [6.07, 6.45) is 0. The van der Waals surface area contributed by atoms with E-state index in [9.17, 15) is 9.00 Å². The van der Waals surface area contributed by atoms with Crippen LogP contribution in [0.2, 0.25) is 0 Å². The third-order valence-corrected chi connectivity index (χ3v) is 7.74. The Morgan fingerprint density at radius 2 is 1.79 bits per heavy atom. The van der Waals surface area contributed by atoms with E-state index < -0.39 is 9.71 Å². The predicted molar refractivity (Wildman–Crippen MR) is 124 cm³/mol. The molecule has 1 unspecified atom stereocenters. The first kappa shape index (κ1) is 19.6. The number of thiazole rings is 1. The fraction of sp³-hybridized carbons (Fsp3) is 0.0500. The van der Waals surface area contributed by atoms with Gasteiger partial charge in [-0.3, -0.25) is 9.93 Å². The molecule has 0 aliphatic carbocycles. The van der Waals surface area contributed by atoms with Crippen LogP contribution in [0.3, 0.4) is 0 Å². The maximum atomic E-state index is 13.1. The number of hydrogen-bond acceptors (Lipinski definition) is 7. The molecular formula is C20H18N4O2S3. The zero-order valence-corrected chi connectivity index (χ0v) is 17.9. The van der Waals surface area contributed by atoms with Crippen molar-refractivity contribution < 1.29 is 9.00 Å². The highest BCUT2D eigenvalue weighted by molar-refractivity contribution is 7.98. The first-order chi connectivity index (χ1) is 13.7. The summed E-state index contributed by atoms with van der Waals surface area (Å²) in [5.74, 6) is 3.53. The number of nitrogens with one attached hydrogen (secondary N) is 1. The Balaban J connectivity index is 1.62. The molecule has 0 aliphatic rings. The van der Waals surface area contributed by atoms with E-state index in [0.717, 1.165) is 15.6 Å². The van der Waals surface area contributed by atoms with Crippen LogP contribution in [0.5, 0.6) is 0 Å². The van der Waals surface area contributed by atoms with Gasteiger partial charge >= 0.3 is 0 Å². The van der Waals surface area contributed by atoms with Crippen molar-refractivity contribution in [2.24, 2.45) is 5.14 Å². The van der Waals surface area contributed by atoms with Gasteiger partial charge in [-0.15, -0.1) is 11.3 Å². The molecule has 0 saturated heterocycles. The normalized spacial score (nSPS) is 13.3. The number of nitrogens with two attached hydrogens (primary N) is 2. The Kier molecular flexibility index (Phi) is 4.91. The van der Waals surface area contributed by atoms with Gasteiger partial charge in [-0.1, -0.05) is 29.5 Å². The lowest BCUT2D eigenvalue weighted by atomic mass is 10.1. The first-order valence-electron chi connectivity index (χ1n) is 8.55. The van der Waals surface area contributed by atoms with Crippen molar-refractivity contribution in [3.8, 4) is 0 Å². The van der Waals surface area contributed by atoms with Crippen LogP contribution in [-0.2, 0) is 9.71 Å². The smallest absolute Gasteiger partial charge is 0.217 e. The SMILES string of the molecule is C=S(N)(=O)c1ccc(Nc2nc(N)c(C(=O)c3sc4ccccc4c3C)s2)cc1. The van der Waals surface area contributed by atoms with Crippen molar-refractivity contribution in [2.45, 2.75) is 11.8 Å². The zero-order chi connectivity index (χ0) is 20.8. The number of aromatic nitrogens is 1. The number of fused-ring (bicyclic) bond motifs is 1. The Hall–Kier alpha value is -2.72. The van der Waals surface area contributed by atoms with Gasteiger partial charge in [0.1, 0.15) is 10.7 Å². The number of carbonyl (C=O) groups excluding carboxylic acids is 1. The molecule has 0 fully saturated rings. The summed E-state index contributed by atoms with van der Waals surface area (Å²) in [5.41, 5.74) is 7.70. The first-order valence-corrected chi connectivity index (χ1v) is 12.0. The second-order valence-corrected chi connectivity index (χ2v) is 10.5. The van der Waals surface area contributed by atoms with Crippen molar-refractivity contribution >= 4 is 70.8 Å². The summed E-state index contributed by atoms with van der Waals surface area (Å²) in [6.45, 7) is 1.95. The summed E-state index contributed by atoms with van der Waals surface area (Å²) in [6, 6.07) is 14.7. The number of anilines is 3. The third-order valence-electron chi connectivity index (χ3n) is 4.41. The highest BCUT2D eigenvalue weighted by atomic mass is 32.2. The molecule has 2 aromatic heterocycles. The van der Waals surface area contributed by atoms with E-state index in [1.165, 1.54) is 22.7 Å². The Labute approximate surface area is 176 Å². The second-order valence-electron chi connectivity index (χ2n) is 6.49. The molecule has 2 aromatic carbocycles. The summed E-state index contributed by atoms with van der Waals surface area (Å²) >= 11 is 2.66. The van der Waals surface area contributed by atoms with Crippen molar-refractivity contribution in [2.75, 3.05) is 11.1 Å². The zero-order valence-electron chi connectivity index (χ0n) is 15.5. The minimum absolute atomic E-state index is 0.123. The number of thiophene rings is 1. The highest BCUT2D eigenvalue weighted by Crippen LogP contribution is 2.36. The van der Waals surface area contributed by atoms with Gasteiger partial charge in [-0.05, 0) is 54.1 Å². The van der Waals surface area contributed by atoms with Crippen LogP contribution in [0.25, 0.3) is 10.1 Å². The summed E-state index contributed by atoms with van der Waals surface area (Å²) in [7, 11) is -2.76. The molecule has 0 bridgehead atoms. The van der Waals surface area contributed by atoms with E-state index in [-0.39, 0.29) is 11.6 Å². The van der Waals surface area contributed by atoms with Gasteiger partial charge in [0.2, 0.25) is 5.78 Å². The summed E-state index contributed by atoms with van der Waals surface area (Å²) < 4.78 is 12.9. The number of carbonyl (C=O) groups is 1. The fourth-order valence-electron chi connectivity index (χ4n) is 2.93. The number of nitrogen functional groups attached to an aromatic ring is 1. The fourth-order valence-corrected chi connectivity index (χ4v) is 5.60. The molecule has 0 amide bonds. The van der Waals surface area contributed by atoms with Crippen LogP contribution in [-0.4, -0.2) is 20.8 Å². The van der Waals surface area contributed by atoms with Crippen LogP contribution in [0.1, 0.15) is 20.1 Å². The number of benzene rings is 2. The molecule has 0 spiro atoms. The van der Waals surface area contributed by atoms with Crippen molar-refractivity contribution in [1.29, 1.82) is 0 Å². The molecule has 9 heteroatoms. The molecule has 0 aliphatic heterocycles. The molecule has 4 rings (SSSR count). The van der Waals surface area contributed by atoms with E-state index in [1.54, 1.807) is 24.3 Å². The van der Waals surface area contributed by atoms with Gasteiger partial charge in [0.15, 0.2) is 5.13 Å². The standard InChI is InChI=1S/C20H18N4O2S3/c1-11-14-5-3-4-6-15(14)27-17(11)16(25)18-19(21)24-20(28-18)23-12-7-9-13(10-8-12)29(2,22)26/h3-10H,2,21H2,1H3,(H2,22,26)(H,23,24). The van der Waals surface area contributed by atoms with Gasteiger partial charge in [0.05, 0.1) is 14.6 Å². The van der Waals surface area contributed by atoms with Gasteiger partial charge in [0, 0.05) is 15.3 Å². The van der Waals surface area contributed by atoms with Crippen LogP contribution in [0.4, 0.5) is 16.6 Å². The highest BCUT2D eigenvalue weighted by Gasteiger charge is 2.22. The van der Waals surface area contributed by atoms with Crippen LogP contribution >= 0.6 is 22.7 Å². The van der Waals surface area contributed by atoms with Gasteiger partial charge in [-0.25, -0.2) is 9.19 Å². The van der Waals surface area contributed by atoms with Gasteiger partial charge in [0.25, 0.3) is 0 Å². The molecule has 29 heavy (non-hydrogen) atoms. The summed E-state index contributed by atoms with van der Waals surface area (Å²) in [4.78, 5) is 18.9. The van der Waals surface area contributed by atoms with Crippen LogP contribution < -0.4 is 16.2 Å². The molecule has 5 N–H and O–H groups in total. The lowest BCUT2D eigenvalue weighted by Crippen LogP contribution is -2.11. The molecule has 1 atom stereocenters. The maximum absolute atomic E-state index is 13.1. The van der Waals surface area contributed by atoms with E-state index >= 15 is 0 Å². The number of aryl methyl sites for hydroxylation is 1. The van der Waals surface area contributed by atoms with Gasteiger partial charge < -0.3 is 11.1 Å². The Bertz CT molecular complexity index is 1340. The largest absolute Gasteiger partial charge is 0.382 e. The molecule has 2 heterocycles. The molecule has 148 valence electrons. The summed E-state index contributed by atoms with van der Waals surface area (Å²) in [5, 5.41) is 10.2. The molecule has 4 aromatic rings. The third kappa shape index (κ3) is 3.77. The Morgan fingerprint density at radius 1 is 1.10 bits per heavy atom. The van der Waals surface area contributed by atoms with E-state index in [0.29, 0.717) is 25.5 Å². The monoisotopic (exact) mass is 442 g/mol. The molecular weight excluding hydrogens is 424 g/mol. The topological polar surface area (TPSA) is 111 Å². The van der Waals surface area contributed by atoms with Crippen molar-refractivity contribution in [1.82, 2.24) is 4.98 Å². The minimum Gasteiger partial charge on any atom is -0.382 e. The van der Waals surface area contributed by atoms with Crippen molar-refractivity contribution in [3.63, 3.8) is 0 Å². The lowest BCUT2D eigenvalue weighted by molar-refractivity contribution is 0.104. The van der Waals surface area contributed by atoms with Crippen LogP contribution in [0, 0.1) is 6.92 Å². The lowest BCUT2D eigenvalue weighted by Gasteiger charge is -2.05. The van der Waals surface area contributed by atoms with Gasteiger partial charge in [-0.2, -0.15) is 0 Å². The maximum Gasteiger partial charge on any atom is 0.217 e. The average Bonchev–Trinajstić information content (AvgIpc) is 3.21. The predicted octanol–water partition coefficient (Wildman–Crippen LogP) is 4.17. The minimum atomic E-state index is -2.76. The number of ketones is 1. The average molecular weight is 443 g/mol. The van der Waals surface area contributed by atoms with E-state index in [1.807, 2.05) is 31.2 Å². The van der Waals surface area contributed by atoms with Crippen molar-refractivity contribution in [3.05, 3.63) is 63.8 Å². The quantitative estimate of drug-likeness (QED) is 0.317. The molecule has 6 nitrogen and oxygen atoms in total. The molecule has 0 saturated carbocycles. The van der Waals surface area contributed by atoms with E-state index in [4.69, 9.17) is 10.9 Å². The second kappa shape index (κ2) is 7.27. The number of nitrogens with zero attached hydrogens (tertiary/aromatic N) is 1. The van der Waals surface area contributed by atoms with E-state index in [2.05, 4.69) is 16.2 Å². The number of rotatable bonds is 5.